The van der Waals surface area contributed by atoms with Gasteiger partial charge in [0.05, 0.1) is 0 Å². The van der Waals surface area contributed by atoms with Crippen molar-refractivity contribution < 1.29 is 4.79 Å². The Hall–Kier alpha value is -2.95. The summed E-state index contributed by atoms with van der Waals surface area (Å²) >= 11 is 0. The number of hydrogen-bond acceptors (Lipinski definition) is 3. The molecule has 1 saturated carbocycles. The molecule has 0 aliphatic heterocycles. The van der Waals surface area contributed by atoms with Crippen molar-refractivity contribution in [2.24, 2.45) is 0 Å². The van der Waals surface area contributed by atoms with E-state index in [1.54, 1.807) is 23.2 Å². The highest BCUT2D eigenvalue weighted by atomic mass is 16.2. The fourth-order valence-electron chi connectivity index (χ4n) is 3.57. The molecule has 1 aliphatic rings. The summed E-state index contributed by atoms with van der Waals surface area (Å²) in [6, 6.07) is 12.8. The van der Waals surface area contributed by atoms with Crippen molar-refractivity contribution >= 4 is 22.6 Å². The van der Waals surface area contributed by atoms with E-state index in [0.29, 0.717) is 11.2 Å². The quantitative estimate of drug-likeness (QED) is 0.797. The van der Waals surface area contributed by atoms with Gasteiger partial charge in [0.1, 0.15) is 11.4 Å². The predicted octanol–water partition coefficient (Wildman–Crippen LogP) is 3.51. The Morgan fingerprint density at radius 3 is 2.60 bits per heavy atom. The first-order valence-electron chi connectivity index (χ1n) is 8.61. The van der Waals surface area contributed by atoms with Gasteiger partial charge in [0.15, 0.2) is 0 Å². The van der Waals surface area contributed by atoms with E-state index in [0.717, 1.165) is 31.2 Å². The SMILES string of the molecule is O=C(c1c[nH]c2ccccc2c1=O)N(c1ccccn1)C1CCCC1. The minimum Gasteiger partial charge on any atom is -0.360 e. The van der Waals surface area contributed by atoms with E-state index in [-0.39, 0.29) is 22.9 Å². The normalized spacial score (nSPS) is 14.7. The summed E-state index contributed by atoms with van der Waals surface area (Å²) in [7, 11) is 0. The lowest BCUT2D eigenvalue weighted by Gasteiger charge is -2.28. The molecule has 0 unspecified atom stereocenters. The monoisotopic (exact) mass is 333 g/mol. The molecule has 1 aromatic carbocycles. The van der Waals surface area contributed by atoms with Gasteiger partial charge in [0, 0.05) is 29.3 Å². The van der Waals surface area contributed by atoms with Crippen LogP contribution in [0.2, 0.25) is 0 Å². The lowest BCUT2D eigenvalue weighted by Crippen LogP contribution is -2.41. The summed E-state index contributed by atoms with van der Waals surface area (Å²) in [5.74, 6) is 0.324. The molecule has 1 aliphatic carbocycles. The summed E-state index contributed by atoms with van der Waals surface area (Å²) in [5, 5.41) is 0.528. The van der Waals surface area contributed by atoms with Crippen LogP contribution in [0.4, 0.5) is 5.82 Å². The van der Waals surface area contributed by atoms with Crippen molar-refractivity contribution in [3.8, 4) is 0 Å². The molecule has 1 fully saturated rings. The maximum atomic E-state index is 13.3. The number of nitrogens with zero attached hydrogens (tertiary/aromatic N) is 2. The first kappa shape index (κ1) is 15.6. The number of nitrogens with one attached hydrogen (secondary N) is 1. The molecule has 5 nitrogen and oxygen atoms in total. The summed E-state index contributed by atoms with van der Waals surface area (Å²) < 4.78 is 0. The van der Waals surface area contributed by atoms with Crippen molar-refractivity contribution in [1.82, 2.24) is 9.97 Å². The number of fused-ring (bicyclic) bond motifs is 1. The average Bonchev–Trinajstić information content (AvgIpc) is 3.17. The lowest BCUT2D eigenvalue weighted by atomic mass is 10.1. The molecule has 25 heavy (non-hydrogen) atoms. The predicted molar refractivity (Wildman–Crippen MR) is 97.9 cm³/mol. The van der Waals surface area contributed by atoms with Gasteiger partial charge in [0.25, 0.3) is 5.91 Å². The van der Waals surface area contributed by atoms with Gasteiger partial charge < -0.3 is 4.98 Å². The number of anilines is 1. The number of rotatable bonds is 3. The van der Waals surface area contributed by atoms with Crippen molar-refractivity contribution in [1.29, 1.82) is 0 Å². The Bertz CT molecular complexity index is 959. The van der Waals surface area contributed by atoms with Gasteiger partial charge in [-0.15, -0.1) is 0 Å². The number of carbonyl (C=O) groups is 1. The van der Waals surface area contributed by atoms with Gasteiger partial charge in [-0.25, -0.2) is 4.98 Å². The number of H-pyrrole nitrogens is 1. The van der Waals surface area contributed by atoms with Crippen LogP contribution in [0.5, 0.6) is 0 Å². The molecule has 0 spiro atoms. The van der Waals surface area contributed by atoms with E-state index < -0.39 is 0 Å². The number of pyridine rings is 2. The van der Waals surface area contributed by atoms with Crippen LogP contribution in [-0.2, 0) is 0 Å². The molecule has 4 rings (SSSR count). The third-order valence-electron chi connectivity index (χ3n) is 4.82. The number of amides is 1. The highest BCUT2D eigenvalue weighted by Crippen LogP contribution is 2.28. The van der Waals surface area contributed by atoms with Gasteiger partial charge in [-0.3, -0.25) is 14.5 Å². The number of para-hydroxylation sites is 1. The first-order chi connectivity index (χ1) is 12.3. The maximum absolute atomic E-state index is 13.3. The van der Waals surface area contributed by atoms with E-state index in [4.69, 9.17) is 0 Å². The lowest BCUT2D eigenvalue weighted by molar-refractivity contribution is 0.0975. The Balaban J connectivity index is 1.81. The standard InChI is InChI=1S/C20H19N3O2/c24-19-15-9-3-4-10-17(15)22-13-16(19)20(25)23(14-7-1-2-8-14)18-11-5-6-12-21-18/h3-6,9-14H,1-2,7-8H2,(H,22,24). The number of carbonyl (C=O) groups excluding carboxylic acids is 1. The fourth-order valence-corrected chi connectivity index (χ4v) is 3.57. The maximum Gasteiger partial charge on any atom is 0.265 e. The van der Waals surface area contributed by atoms with Crippen LogP contribution in [0.1, 0.15) is 36.0 Å². The van der Waals surface area contributed by atoms with Gasteiger partial charge in [-0.1, -0.05) is 31.0 Å². The van der Waals surface area contributed by atoms with Crippen LogP contribution in [0.3, 0.4) is 0 Å². The zero-order chi connectivity index (χ0) is 17.2. The van der Waals surface area contributed by atoms with Gasteiger partial charge in [-0.2, -0.15) is 0 Å². The van der Waals surface area contributed by atoms with Crippen LogP contribution in [0.25, 0.3) is 10.9 Å². The number of aromatic nitrogens is 2. The molecule has 0 bridgehead atoms. The van der Waals surface area contributed by atoms with E-state index in [2.05, 4.69) is 9.97 Å². The van der Waals surface area contributed by atoms with Crippen LogP contribution in [0.15, 0.2) is 59.7 Å². The second-order valence-electron chi connectivity index (χ2n) is 6.38. The molecule has 0 radical (unpaired) electrons. The van der Waals surface area contributed by atoms with Crippen molar-refractivity contribution in [2.75, 3.05) is 4.90 Å². The molecule has 2 heterocycles. The molecular formula is C20H19N3O2. The minimum atomic E-state index is -0.280. The topological polar surface area (TPSA) is 66.1 Å². The minimum absolute atomic E-state index is 0.0910. The van der Waals surface area contributed by atoms with E-state index in [1.807, 2.05) is 30.3 Å². The smallest absolute Gasteiger partial charge is 0.265 e. The fraction of sp³-hybridized carbons (Fsp3) is 0.250. The second-order valence-corrected chi connectivity index (χ2v) is 6.38. The van der Waals surface area contributed by atoms with Gasteiger partial charge in [-0.05, 0) is 37.1 Å². The van der Waals surface area contributed by atoms with Crippen molar-refractivity contribution in [2.45, 2.75) is 31.7 Å². The molecule has 1 N–H and O–H groups in total. The third kappa shape index (κ3) is 2.82. The van der Waals surface area contributed by atoms with E-state index >= 15 is 0 Å². The van der Waals surface area contributed by atoms with Gasteiger partial charge in [0.2, 0.25) is 5.43 Å². The van der Waals surface area contributed by atoms with Crippen molar-refractivity contribution in [3.05, 3.63) is 70.6 Å². The van der Waals surface area contributed by atoms with Gasteiger partial charge >= 0.3 is 0 Å². The molecule has 0 saturated heterocycles. The number of aromatic amines is 1. The molecule has 1 amide bonds. The zero-order valence-corrected chi connectivity index (χ0v) is 13.8. The highest BCUT2D eigenvalue weighted by molar-refractivity contribution is 6.07. The number of benzene rings is 1. The van der Waals surface area contributed by atoms with E-state index in [1.165, 1.54) is 6.20 Å². The number of hydrogen-bond donors (Lipinski definition) is 1. The molecular weight excluding hydrogens is 314 g/mol. The average molecular weight is 333 g/mol. The third-order valence-corrected chi connectivity index (χ3v) is 4.82. The Morgan fingerprint density at radius 2 is 1.84 bits per heavy atom. The summed E-state index contributed by atoms with van der Waals surface area (Å²) in [4.78, 5) is 35.2. The van der Waals surface area contributed by atoms with Crippen LogP contribution in [-0.4, -0.2) is 21.9 Å². The molecule has 3 aromatic rings. The molecule has 126 valence electrons. The summed E-state index contributed by atoms with van der Waals surface area (Å²) in [6.07, 6.45) is 7.26. The van der Waals surface area contributed by atoms with Crippen LogP contribution < -0.4 is 10.3 Å². The Kier molecular flexibility index (Phi) is 4.06. The first-order valence-corrected chi connectivity index (χ1v) is 8.61. The molecule has 5 heteroatoms. The molecule has 0 atom stereocenters. The summed E-state index contributed by atoms with van der Waals surface area (Å²) in [6.45, 7) is 0. The Labute approximate surface area is 145 Å². The Morgan fingerprint density at radius 1 is 1.08 bits per heavy atom. The second kappa shape index (κ2) is 6.51. The van der Waals surface area contributed by atoms with Crippen LogP contribution >= 0.6 is 0 Å². The highest BCUT2D eigenvalue weighted by Gasteiger charge is 2.31. The van der Waals surface area contributed by atoms with Crippen LogP contribution in [0, 0.1) is 0 Å². The van der Waals surface area contributed by atoms with E-state index in [9.17, 15) is 9.59 Å². The zero-order valence-electron chi connectivity index (χ0n) is 13.8. The molecule has 2 aromatic heterocycles. The summed E-state index contributed by atoms with van der Waals surface area (Å²) in [5.41, 5.74) is 0.656. The largest absolute Gasteiger partial charge is 0.360 e. The van der Waals surface area contributed by atoms with Crippen molar-refractivity contribution in [3.63, 3.8) is 0 Å².